The molecule has 0 spiro atoms. The van der Waals surface area contributed by atoms with E-state index in [0.29, 0.717) is 10.8 Å². The smallest absolute Gasteiger partial charge is 0.250 e. The summed E-state index contributed by atoms with van der Waals surface area (Å²) in [4.78, 5) is 8.69. The number of sulfonamides is 1. The van der Waals surface area contributed by atoms with E-state index in [2.05, 4.69) is 20.8 Å². The van der Waals surface area contributed by atoms with E-state index in [4.69, 9.17) is 0 Å². The molecule has 1 aromatic carbocycles. The summed E-state index contributed by atoms with van der Waals surface area (Å²) in [6, 6.07) is 15.1. The molecular weight excluding hydrogens is 378 g/mol. The van der Waals surface area contributed by atoms with Crippen LogP contribution in [0.15, 0.2) is 81.6 Å². The topological polar surface area (TPSA) is 71.4 Å². The lowest BCUT2D eigenvalue weighted by molar-refractivity contribution is 0.583. The summed E-state index contributed by atoms with van der Waals surface area (Å²) in [7, 11) is -3.48. The number of aromatic nitrogens is 1. The van der Waals surface area contributed by atoms with E-state index >= 15 is 0 Å². The normalized spacial score (nSPS) is 14.1. The van der Waals surface area contributed by atoms with Gasteiger partial charge in [-0.1, -0.05) is 30.3 Å². The quantitative estimate of drug-likeness (QED) is 0.694. The Morgan fingerprint density at radius 1 is 1.04 bits per heavy atom. The summed E-state index contributed by atoms with van der Waals surface area (Å²) < 4.78 is 27.6. The molecule has 1 N–H and O–H groups in total. The van der Waals surface area contributed by atoms with E-state index in [1.54, 1.807) is 29.9 Å². The molecule has 0 amide bonds. The number of hydrogen-bond acceptors (Lipinski definition) is 5. The lowest BCUT2D eigenvalue weighted by Crippen LogP contribution is -2.22. The number of hydrogen-bond donors (Lipinski definition) is 1. The number of nitrogens with zero attached hydrogens (tertiary/aromatic N) is 2. The SMILES string of the molecule is O=S(=O)(NCc1cccc(C2=NCC=C2c2ccncc2)c1)c1cccs1. The molecule has 136 valence electrons. The van der Waals surface area contributed by atoms with E-state index in [0.717, 1.165) is 28.0 Å². The third kappa shape index (κ3) is 3.90. The summed E-state index contributed by atoms with van der Waals surface area (Å²) >= 11 is 1.20. The van der Waals surface area contributed by atoms with Crippen molar-refractivity contribution in [3.63, 3.8) is 0 Å². The molecule has 0 unspecified atom stereocenters. The molecule has 0 atom stereocenters. The molecule has 1 aliphatic rings. The highest BCUT2D eigenvalue weighted by Crippen LogP contribution is 2.25. The lowest BCUT2D eigenvalue weighted by Gasteiger charge is -2.10. The maximum Gasteiger partial charge on any atom is 0.250 e. The van der Waals surface area contributed by atoms with Crippen LogP contribution in [-0.4, -0.2) is 25.7 Å². The minimum Gasteiger partial charge on any atom is -0.280 e. The van der Waals surface area contributed by atoms with E-state index in [-0.39, 0.29) is 6.54 Å². The molecule has 4 rings (SSSR count). The first-order valence-corrected chi connectivity index (χ1v) is 10.8. The van der Waals surface area contributed by atoms with E-state index in [9.17, 15) is 8.42 Å². The van der Waals surface area contributed by atoms with E-state index < -0.39 is 10.0 Å². The fourth-order valence-corrected chi connectivity index (χ4v) is 4.99. The van der Waals surface area contributed by atoms with Crippen LogP contribution in [0.2, 0.25) is 0 Å². The van der Waals surface area contributed by atoms with Gasteiger partial charge in [0.15, 0.2) is 0 Å². The average molecular weight is 396 g/mol. The van der Waals surface area contributed by atoms with Gasteiger partial charge in [-0.05, 0) is 40.8 Å². The zero-order valence-corrected chi connectivity index (χ0v) is 16.0. The third-order valence-corrected chi connectivity index (χ3v) is 7.02. The van der Waals surface area contributed by atoms with Gasteiger partial charge < -0.3 is 0 Å². The van der Waals surface area contributed by atoms with Gasteiger partial charge in [0, 0.05) is 30.1 Å². The standard InChI is InChI=1S/C20H17N3O2S2/c24-27(25,19-5-2-12-26-19)23-14-15-3-1-4-17(13-15)20-18(8-11-22-20)16-6-9-21-10-7-16/h1-10,12-13,23H,11,14H2. The summed E-state index contributed by atoms with van der Waals surface area (Å²) in [6.45, 7) is 0.873. The molecule has 3 heterocycles. The zero-order chi connectivity index (χ0) is 18.7. The highest BCUT2D eigenvalue weighted by Gasteiger charge is 2.17. The predicted octanol–water partition coefficient (Wildman–Crippen LogP) is 3.51. The Bertz CT molecular complexity index is 1100. The van der Waals surface area contributed by atoms with Crippen molar-refractivity contribution in [2.45, 2.75) is 10.8 Å². The minimum atomic E-state index is -3.48. The van der Waals surface area contributed by atoms with Crippen molar-refractivity contribution in [1.29, 1.82) is 0 Å². The van der Waals surface area contributed by atoms with E-state index in [1.165, 1.54) is 11.3 Å². The van der Waals surface area contributed by atoms with Crippen LogP contribution < -0.4 is 4.72 Å². The van der Waals surface area contributed by atoms with Gasteiger partial charge in [-0.2, -0.15) is 0 Å². The first kappa shape index (κ1) is 17.8. The number of nitrogens with one attached hydrogen (secondary N) is 1. The molecule has 0 aliphatic carbocycles. The summed E-state index contributed by atoms with van der Waals surface area (Å²) in [5.41, 5.74) is 4.93. The van der Waals surface area contributed by atoms with Gasteiger partial charge in [-0.25, -0.2) is 13.1 Å². The van der Waals surface area contributed by atoms with Crippen LogP contribution in [0.25, 0.3) is 5.57 Å². The minimum absolute atomic E-state index is 0.232. The molecule has 0 saturated carbocycles. The number of aliphatic imine (C=N–C) groups is 1. The number of benzene rings is 1. The Balaban J connectivity index is 1.54. The Morgan fingerprint density at radius 2 is 1.89 bits per heavy atom. The van der Waals surface area contributed by atoms with Crippen LogP contribution in [0, 0.1) is 0 Å². The highest BCUT2D eigenvalue weighted by atomic mass is 32.2. The molecule has 0 radical (unpaired) electrons. The van der Waals surface area contributed by atoms with Crippen molar-refractivity contribution >= 4 is 32.6 Å². The van der Waals surface area contributed by atoms with Gasteiger partial charge in [0.25, 0.3) is 0 Å². The van der Waals surface area contributed by atoms with Crippen molar-refractivity contribution in [2.75, 3.05) is 6.54 Å². The summed E-state index contributed by atoms with van der Waals surface area (Å²) in [5.74, 6) is 0. The predicted molar refractivity (Wildman–Crippen MR) is 108 cm³/mol. The van der Waals surface area contributed by atoms with Crippen molar-refractivity contribution in [3.8, 4) is 0 Å². The molecule has 0 fully saturated rings. The maximum absolute atomic E-state index is 12.3. The monoisotopic (exact) mass is 395 g/mol. The molecule has 3 aromatic rings. The van der Waals surface area contributed by atoms with Crippen LogP contribution in [0.1, 0.15) is 16.7 Å². The molecular formula is C20H17N3O2S2. The van der Waals surface area contributed by atoms with E-state index in [1.807, 2.05) is 36.4 Å². The number of rotatable bonds is 6. The summed E-state index contributed by atoms with van der Waals surface area (Å²) in [6.07, 6.45) is 5.63. The Kier molecular flexibility index (Phi) is 4.98. The van der Waals surface area contributed by atoms with Crippen LogP contribution in [-0.2, 0) is 16.6 Å². The summed E-state index contributed by atoms with van der Waals surface area (Å²) in [5, 5.41) is 1.75. The molecule has 1 aliphatic heterocycles. The first-order valence-electron chi connectivity index (χ1n) is 8.41. The van der Waals surface area contributed by atoms with Crippen molar-refractivity contribution in [1.82, 2.24) is 9.71 Å². The van der Waals surface area contributed by atoms with Gasteiger partial charge in [-0.3, -0.25) is 9.98 Å². The Hall–Kier alpha value is -2.61. The lowest BCUT2D eigenvalue weighted by atomic mass is 9.96. The van der Waals surface area contributed by atoms with Gasteiger partial charge in [0.2, 0.25) is 10.0 Å². The first-order chi connectivity index (χ1) is 13.1. The molecule has 2 aromatic heterocycles. The molecule has 5 nitrogen and oxygen atoms in total. The fraction of sp³-hybridized carbons (Fsp3) is 0.100. The third-order valence-electron chi connectivity index (χ3n) is 4.22. The van der Waals surface area contributed by atoms with Crippen molar-refractivity contribution in [3.05, 3.63) is 89.1 Å². The Labute approximate surface area is 162 Å². The fourth-order valence-electron chi connectivity index (χ4n) is 2.94. The van der Waals surface area contributed by atoms with Crippen LogP contribution in [0.5, 0.6) is 0 Å². The van der Waals surface area contributed by atoms with Crippen molar-refractivity contribution < 1.29 is 8.42 Å². The number of allylic oxidation sites excluding steroid dienone is 1. The largest absolute Gasteiger partial charge is 0.280 e. The number of pyridine rings is 1. The molecule has 27 heavy (non-hydrogen) atoms. The second-order valence-electron chi connectivity index (χ2n) is 6.00. The zero-order valence-electron chi connectivity index (χ0n) is 14.4. The Morgan fingerprint density at radius 3 is 2.67 bits per heavy atom. The molecule has 0 saturated heterocycles. The van der Waals surface area contributed by atoms with Crippen LogP contribution >= 0.6 is 11.3 Å². The molecule has 7 heteroatoms. The number of thiophene rings is 1. The van der Waals surface area contributed by atoms with Gasteiger partial charge >= 0.3 is 0 Å². The second-order valence-corrected chi connectivity index (χ2v) is 8.94. The molecule has 0 bridgehead atoms. The van der Waals surface area contributed by atoms with Crippen LogP contribution in [0.4, 0.5) is 0 Å². The highest BCUT2D eigenvalue weighted by molar-refractivity contribution is 7.91. The van der Waals surface area contributed by atoms with Crippen LogP contribution in [0.3, 0.4) is 0 Å². The van der Waals surface area contributed by atoms with Gasteiger partial charge in [0.05, 0.1) is 12.3 Å². The van der Waals surface area contributed by atoms with Crippen molar-refractivity contribution in [2.24, 2.45) is 4.99 Å². The second kappa shape index (κ2) is 7.56. The average Bonchev–Trinajstić information content (AvgIpc) is 3.40. The maximum atomic E-state index is 12.3. The van der Waals surface area contributed by atoms with Gasteiger partial charge in [-0.15, -0.1) is 11.3 Å². The van der Waals surface area contributed by atoms with Gasteiger partial charge in [0.1, 0.15) is 4.21 Å².